The van der Waals surface area contributed by atoms with E-state index in [0.717, 1.165) is 31.6 Å². The van der Waals surface area contributed by atoms with E-state index in [1.54, 1.807) is 31.3 Å². The minimum atomic E-state index is -0.178. The number of methoxy groups -OCH3 is 2. The molecule has 0 aromatic heterocycles. The molecule has 3 amide bonds. The van der Waals surface area contributed by atoms with E-state index >= 15 is 0 Å². The summed E-state index contributed by atoms with van der Waals surface area (Å²) in [6, 6.07) is 5.15. The number of carbonyl (C=O) groups is 2. The van der Waals surface area contributed by atoms with Crippen LogP contribution < -0.4 is 19.7 Å². The van der Waals surface area contributed by atoms with Gasteiger partial charge in [-0.05, 0) is 30.9 Å². The second-order valence-electron chi connectivity index (χ2n) is 7.06. The van der Waals surface area contributed by atoms with Gasteiger partial charge in [-0.15, -0.1) is 0 Å². The van der Waals surface area contributed by atoms with Crippen molar-refractivity contribution in [1.29, 1.82) is 0 Å². The van der Waals surface area contributed by atoms with Crippen LogP contribution in [0.1, 0.15) is 26.2 Å². The third-order valence-corrected chi connectivity index (χ3v) is 5.20. The first kappa shape index (κ1) is 18.4. The molecular formula is C19H27N3O4. The van der Waals surface area contributed by atoms with E-state index in [1.165, 1.54) is 0 Å². The van der Waals surface area contributed by atoms with Crippen molar-refractivity contribution in [2.45, 2.75) is 32.2 Å². The van der Waals surface area contributed by atoms with Gasteiger partial charge in [0.15, 0.2) is 11.5 Å². The molecule has 0 aliphatic carbocycles. The van der Waals surface area contributed by atoms with Gasteiger partial charge < -0.3 is 24.6 Å². The van der Waals surface area contributed by atoms with Crippen molar-refractivity contribution in [2.24, 2.45) is 5.92 Å². The van der Waals surface area contributed by atoms with E-state index in [4.69, 9.17) is 9.47 Å². The summed E-state index contributed by atoms with van der Waals surface area (Å²) in [6.07, 6.45) is 2.38. The number of amides is 3. The molecule has 1 aromatic rings. The molecule has 0 radical (unpaired) electrons. The summed E-state index contributed by atoms with van der Waals surface area (Å²) in [4.78, 5) is 28.4. The minimum Gasteiger partial charge on any atom is -0.493 e. The fraction of sp³-hybridized carbons (Fsp3) is 0.579. The first-order chi connectivity index (χ1) is 12.5. The van der Waals surface area contributed by atoms with E-state index in [-0.39, 0.29) is 18.0 Å². The van der Waals surface area contributed by atoms with E-state index in [0.29, 0.717) is 30.4 Å². The molecule has 7 nitrogen and oxygen atoms in total. The molecule has 2 aliphatic heterocycles. The highest BCUT2D eigenvalue weighted by Crippen LogP contribution is 2.33. The Morgan fingerprint density at radius 3 is 2.50 bits per heavy atom. The maximum atomic E-state index is 12.4. The molecule has 0 unspecified atom stereocenters. The van der Waals surface area contributed by atoms with Crippen LogP contribution in [0.4, 0.5) is 10.5 Å². The summed E-state index contributed by atoms with van der Waals surface area (Å²) in [6.45, 7) is 4.25. The topological polar surface area (TPSA) is 71.1 Å². The van der Waals surface area contributed by atoms with Crippen molar-refractivity contribution >= 4 is 17.6 Å². The van der Waals surface area contributed by atoms with Crippen molar-refractivity contribution in [3.63, 3.8) is 0 Å². The number of nitrogens with zero attached hydrogens (tertiary/aromatic N) is 2. The molecule has 1 aromatic carbocycles. The van der Waals surface area contributed by atoms with Crippen LogP contribution in [-0.2, 0) is 4.79 Å². The van der Waals surface area contributed by atoms with E-state index < -0.39 is 0 Å². The van der Waals surface area contributed by atoms with Crippen LogP contribution >= 0.6 is 0 Å². The van der Waals surface area contributed by atoms with Gasteiger partial charge in [-0.25, -0.2) is 4.79 Å². The van der Waals surface area contributed by atoms with Crippen molar-refractivity contribution < 1.29 is 19.1 Å². The first-order valence-corrected chi connectivity index (χ1v) is 9.09. The molecule has 2 saturated heterocycles. The van der Waals surface area contributed by atoms with Crippen LogP contribution in [-0.4, -0.2) is 56.7 Å². The molecule has 2 aliphatic rings. The lowest BCUT2D eigenvalue weighted by Crippen LogP contribution is -2.48. The molecular weight excluding hydrogens is 334 g/mol. The Balaban J connectivity index is 1.62. The van der Waals surface area contributed by atoms with Crippen LogP contribution in [0.25, 0.3) is 0 Å². The quantitative estimate of drug-likeness (QED) is 0.893. The zero-order valence-corrected chi connectivity index (χ0v) is 15.7. The molecule has 0 spiro atoms. The summed E-state index contributed by atoms with van der Waals surface area (Å²) >= 11 is 0. The molecule has 26 heavy (non-hydrogen) atoms. The highest BCUT2D eigenvalue weighted by Gasteiger charge is 2.33. The number of ether oxygens (including phenoxy) is 2. The van der Waals surface area contributed by atoms with Crippen molar-refractivity contribution in [3.05, 3.63) is 18.2 Å². The predicted octanol–water partition coefficient (Wildman–Crippen LogP) is 2.25. The predicted molar refractivity (Wildman–Crippen MR) is 98.8 cm³/mol. The molecule has 7 heteroatoms. The fourth-order valence-electron chi connectivity index (χ4n) is 3.52. The van der Waals surface area contributed by atoms with Gasteiger partial charge in [0.2, 0.25) is 5.91 Å². The smallest absolute Gasteiger partial charge is 0.317 e. The summed E-state index contributed by atoms with van der Waals surface area (Å²) in [5.41, 5.74) is 0.746. The lowest BCUT2D eigenvalue weighted by atomic mass is 10.00. The van der Waals surface area contributed by atoms with Gasteiger partial charge in [0.25, 0.3) is 0 Å². The maximum absolute atomic E-state index is 12.4. The molecule has 2 fully saturated rings. The normalized spacial score (nSPS) is 21.0. The fourth-order valence-corrected chi connectivity index (χ4v) is 3.52. The Morgan fingerprint density at radius 2 is 1.85 bits per heavy atom. The van der Waals surface area contributed by atoms with Gasteiger partial charge in [0, 0.05) is 37.8 Å². The Labute approximate surface area is 154 Å². The number of anilines is 1. The van der Waals surface area contributed by atoms with Gasteiger partial charge in [-0.1, -0.05) is 6.92 Å². The number of nitrogens with one attached hydrogen (secondary N) is 1. The van der Waals surface area contributed by atoms with Crippen LogP contribution in [0.3, 0.4) is 0 Å². The number of carbonyl (C=O) groups excluding carboxylic acids is 2. The number of benzene rings is 1. The zero-order chi connectivity index (χ0) is 18.7. The van der Waals surface area contributed by atoms with Gasteiger partial charge in [0.05, 0.1) is 20.3 Å². The lowest BCUT2D eigenvalue weighted by Gasteiger charge is -2.31. The summed E-state index contributed by atoms with van der Waals surface area (Å²) < 4.78 is 10.5. The molecule has 0 saturated carbocycles. The van der Waals surface area contributed by atoms with Crippen LogP contribution in [0.5, 0.6) is 11.5 Å². The highest BCUT2D eigenvalue weighted by molar-refractivity contribution is 5.97. The number of hydrogen-bond acceptors (Lipinski definition) is 4. The van der Waals surface area contributed by atoms with E-state index in [9.17, 15) is 9.59 Å². The van der Waals surface area contributed by atoms with Crippen molar-refractivity contribution in [2.75, 3.05) is 38.8 Å². The lowest BCUT2D eigenvalue weighted by molar-refractivity contribution is -0.117. The third-order valence-electron chi connectivity index (χ3n) is 5.20. The average Bonchev–Trinajstić information content (AvgIpc) is 3.01. The molecule has 1 atom stereocenters. The Hall–Kier alpha value is -2.44. The van der Waals surface area contributed by atoms with Gasteiger partial charge >= 0.3 is 6.03 Å². The standard InChI is InChI=1S/C19H27N3O4/c1-13-6-8-21(9-7-13)19(24)20-14-10-18(23)22(12-14)15-4-5-16(25-2)17(11-15)26-3/h4-5,11,13-14H,6-10,12H2,1-3H3,(H,20,24)/t14-/m1/s1. The second-order valence-corrected chi connectivity index (χ2v) is 7.06. The Bertz CT molecular complexity index is 671. The molecule has 3 rings (SSSR count). The monoisotopic (exact) mass is 361 g/mol. The summed E-state index contributed by atoms with van der Waals surface area (Å²) in [5, 5.41) is 3.01. The van der Waals surface area contributed by atoms with Crippen molar-refractivity contribution in [1.82, 2.24) is 10.2 Å². The Kier molecular flexibility index (Phi) is 5.54. The number of hydrogen-bond donors (Lipinski definition) is 1. The first-order valence-electron chi connectivity index (χ1n) is 9.09. The number of piperidine rings is 1. The average molecular weight is 361 g/mol. The second kappa shape index (κ2) is 7.85. The van der Waals surface area contributed by atoms with Gasteiger partial charge in [0.1, 0.15) is 0 Å². The Morgan fingerprint density at radius 1 is 1.15 bits per heavy atom. The SMILES string of the molecule is COc1ccc(N2C[C@H](NC(=O)N3CCC(C)CC3)CC2=O)cc1OC. The van der Waals surface area contributed by atoms with E-state index in [1.807, 2.05) is 11.0 Å². The summed E-state index contributed by atoms with van der Waals surface area (Å²) in [5.74, 6) is 1.86. The molecule has 2 heterocycles. The summed E-state index contributed by atoms with van der Waals surface area (Å²) in [7, 11) is 3.14. The number of urea groups is 1. The number of rotatable bonds is 4. The molecule has 0 bridgehead atoms. The third kappa shape index (κ3) is 3.86. The van der Waals surface area contributed by atoms with Crippen LogP contribution in [0.2, 0.25) is 0 Å². The largest absolute Gasteiger partial charge is 0.493 e. The molecule has 142 valence electrons. The van der Waals surface area contributed by atoms with Crippen molar-refractivity contribution in [3.8, 4) is 11.5 Å². The number of likely N-dealkylation sites (tertiary alicyclic amines) is 1. The van der Waals surface area contributed by atoms with Gasteiger partial charge in [-0.2, -0.15) is 0 Å². The van der Waals surface area contributed by atoms with E-state index in [2.05, 4.69) is 12.2 Å². The minimum absolute atomic E-state index is 0.00483. The van der Waals surface area contributed by atoms with Gasteiger partial charge in [-0.3, -0.25) is 4.79 Å². The molecule has 1 N–H and O–H groups in total. The van der Waals surface area contributed by atoms with Crippen LogP contribution in [0, 0.1) is 5.92 Å². The maximum Gasteiger partial charge on any atom is 0.317 e. The van der Waals surface area contributed by atoms with Crippen LogP contribution in [0.15, 0.2) is 18.2 Å². The zero-order valence-electron chi connectivity index (χ0n) is 15.7. The highest BCUT2D eigenvalue weighted by atomic mass is 16.5.